The highest BCUT2D eigenvalue weighted by Gasteiger charge is 2.19. The van der Waals surface area contributed by atoms with Crippen LogP contribution in [0.2, 0.25) is 0 Å². The van der Waals surface area contributed by atoms with E-state index in [0.29, 0.717) is 22.5 Å². The maximum absolute atomic E-state index is 16.5. The highest BCUT2D eigenvalue weighted by molar-refractivity contribution is 5.80. The third-order valence-electron chi connectivity index (χ3n) is 12.4. The lowest BCUT2D eigenvalue weighted by Gasteiger charge is -2.19. The van der Waals surface area contributed by atoms with Gasteiger partial charge in [0.25, 0.3) is 0 Å². The minimum atomic E-state index is -0.271. The molecule has 0 fully saturated rings. The number of anilines is 4. The molecule has 0 bridgehead atoms. The molecule has 0 aliphatic heterocycles. The summed E-state index contributed by atoms with van der Waals surface area (Å²) in [5.74, 6) is -0.541. The van der Waals surface area contributed by atoms with Crippen molar-refractivity contribution in [3.05, 3.63) is 179 Å². The quantitative estimate of drug-likeness (QED) is 0.0664. The monoisotopic (exact) mass is 853 g/mol. The van der Waals surface area contributed by atoms with Gasteiger partial charge in [0.2, 0.25) is 0 Å². The zero-order valence-electron chi connectivity index (χ0n) is 38.5. The summed E-state index contributed by atoms with van der Waals surface area (Å²) in [5, 5.41) is 6.85. The van der Waals surface area contributed by atoms with Gasteiger partial charge in [-0.3, -0.25) is 0 Å². The third-order valence-corrected chi connectivity index (χ3v) is 12.4. The van der Waals surface area contributed by atoms with Gasteiger partial charge in [-0.2, -0.15) is 0 Å². The molecule has 2 N–H and O–H groups in total. The van der Waals surface area contributed by atoms with Crippen molar-refractivity contribution < 1.29 is 8.78 Å². The molecule has 0 saturated heterocycles. The second kappa shape index (κ2) is 23.1. The molecule has 0 atom stereocenters. The molecule has 4 heteroatoms. The van der Waals surface area contributed by atoms with E-state index in [9.17, 15) is 0 Å². The Morgan fingerprint density at radius 2 is 0.656 bits per heavy atom. The Bertz CT molecular complexity index is 2360. The number of benzene rings is 7. The summed E-state index contributed by atoms with van der Waals surface area (Å²) in [6.07, 6.45) is 14.8. The molecule has 0 heterocycles. The summed E-state index contributed by atoms with van der Waals surface area (Å²) in [6, 6.07) is 49.5. The fourth-order valence-electron chi connectivity index (χ4n) is 8.84. The summed E-state index contributed by atoms with van der Waals surface area (Å²) < 4.78 is 32.9. The van der Waals surface area contributed by atoms with Crippen LogP contribution in [0.3, 0.4) is 0 Å². The minimum Gasteiger partial charge on any atom is -0.355 e. The first-order valence-electron chi connectivity index (χ1n) is 24.0. The van der Waals surface area contributed by atoms with Crippen molar-refractivity contribution in [3.8, 4) is 44.5 Å². The van der Waals surface area contributed by atoms with Crippen molar-refractivity contribution >= 4 is 22.7 Å². The molecule has 0 saturated carbocycles. The molecule has 2 nitrogen and oxygen atoms in total. The third kappa shape index (κ3) is 12.2. The largest absolute Gasteiger partial charge is 0.355 e. The van der Waals surface area contributed by atoms with Crippen LogP contribution in [0.25, 0.3) is 44.5 Å². The molecule has 0 spiro atoms. The number of hydrogen-bond donors (Lipinski definition) is 2. The van der Waals surface area contributed by atoms with Crippen LogP contribution in [0, 0.1) is 11.6 Å². The van der Waals surface area contributed by atoms with Crippen molar-refractivity contribution in [2.24, 2.45) is 0 Å². The molecule has 7 aromatic carbocycles. The fourth-order valence-corrected chi connectivity index (χ4v) is 8.84. The maximum atomic E-state index is 16.5. The summed E-state index contributed by atoms with van der Waals surface area (Å²) in [6.45, 7) is 8.83. The van der Waals surface area contributed by atoms with E-state index in [2.05, 4.69) is 123 Å². The number of aryl methyl sites for hydroxylation is 4. The number of unbranched alkanes of at least 4 members (excludes halogenated alkanes) is 6. The fraction of sp³-hybridized carbons (Fsp3) is 0.300. The van der Waals surface area contributed by atoms with Crippen molar-refractivity contribution in [1.29, 1.82) is 0 Å². The van der Waals surface area contributed by atoms with Crippen molar-refractivity contribution in [2.75, 3.05) is 10.6 Å². The lowest BCUT2D eigenvalue weighted by atomic mass is 9.86. The van der Waals surface area contributed by atoms with Crippen LogP contribution in [0.5, 0.6) is 0 Å². The number of rotatable bonds is 22. The highest BCUT2D eigenvalue weighted by Crippen LogP contribution is 2.38. The molecular weight excluding hydrogens is 787 g/mol. The van der Waals surface area contributed by atoms with E-state index in [-0.39, 0.29) is 11.6 Å². The summed E-state index contributed by atoms with van der Waals surface area (Å²) >= 11 is 0. The zero-order valence-corrected chi connectivity index (χ0v) is 38.5. The van der Waals surface area contributed by atoms with Crippen LogP contribution >= 0.6 is 0 Å². The molecule has 0 aliphatic rings. The van der Waals surface area contributed by atoms with Crippen LogP contribution in [-0.2, 0) is 25.7 Å². The SMILES string of the molecule is CCCCCCc1cc(-c2ccc(Nc3ccc(-c4ccc(CCC)cc4)cc3)cc2F)c(CCCCCC)cc1-c1ccc(Nc2ccc(-c3ccc(CCC)cc3)cc2)cc1F. The van der Waals surface area contributed by atoms with Gasteiger partial charge in [-0.1, -0.05) is 164 Å². The van der Waals surface area contributed by atoms with Gasteiger partial charge in [0.05, 0.1) is 0 Å². The average Bonchev–Trinajstić information content (AvgIpc) is 3.31. The Kier molecular flexibility index (Phi) is 16.6. The number of hydrogen-bond acceptors (Lipinski definition) is 2. The second-order valence-electron chi connectivity index (χ2n) is 17.5. The second-order valence-corrected chi connectivity index (χ2v) is 17.5. The van der Waals surface area contributed by atoms with Gasteiger partial charge in [0.15, 0.2) is 0 Å². The van der Waals surface area contributed by atoms with Gasteiger partial charge in [-0.15, -0.1) is 0 Å². The van der Waals surface area contributed by atoms with Crippen molar-refractivity contribution in [2.45, 2.75) is 118 Å². The van der Waals surface area contributed by atoms with Crippen LogP contribution in [-0.4, -0.2) is 0 Å². The predicted molar refractivity (Wildman–Crippen MR) is 271 cm³/mol. The van der Waals surface area contributed by atoms with Crippen LogP contribution in [0.4, 0.5) is 31.5 Å². The van der Waals surface area contributed by atoms with E-state index in [1.165, 1.54) is 22.3 Å². The van der Waals surface area contributed by atoms with E-state index in [4.69, 9.17) is 0 Å². The van der Waals surface area contributed by atoms with E-state index in [1.54, 1.807) is 12.1 Å². The molecule has 0 aliphatic carbocycles. The van der Waals surface area contributed by atoms with Crippen LogP contribution in [0.15, 0.2) is 146 Å². The molecule has 0 unspecified atom stereocenters. The zero-order chi connectivity index (χ0) is 44.7. The molecule has 330 valence electrons. The van der Waals surface area contributed by atoms with Gasteiger partial charge in [0, 0.05) is 33.9 Å². The summed E-state index contributed by atoms with van der Waals surface area (Å²) in [4.78, 5) is 0. The lowest BCUT2D eigenvalue weighted by Crippen LogP contribution is -2.01. The predicted octanol–water partition coefficient (Wildman–Crippen LogP) is 18.3. The first-order valence-corrected chi connectivity index (χ1v) is 24.0. The molecule has 0 radical (unpaired) electrons. The Balaban J connectivity index is 1.14. The highest BCUT2D eigenvalue weighted by atomic mass is 19.1. The van der Waals surface area contributed by atoms with E-state index < -0.39 is 0 Å². The average molecular weight is 853 g/mol. The smallest absolute Gasteiger partial charge is 0.133 e. The summed E-state index contributed by atoms with van der Waals surface area (Å²) in [7, 11) is 0. The van der Waals surface area contributed by atoms with E-state index >= 15 is 8.78 Å². The van der Waals surface area contributed by atoms with Gasteiger partial charge >= 0.3 is 0 Å². The minimum absolute atomic E-state index is 0.271. The summed E-state index contributed by atoms with van der Waals surface area (Å²) in [5.41, 5.74) is 15.7. The Morgan fingerprint density at radius 3 is 0.984 bits per heavy atom. The molecule has 7 aromatic rings. The van der Waals surface area contributed by atoms with Crippen molar-refractivity contribution in [3.63, 3.8) is 0 Å². The first kappa shape index (κ1) is 46.0. The maximum Gasteiger partial charge on any atom is 0.133 e. The first-order chi connectivity index (χ1) is 31.3. The topological polar surface area (TPSA) is 24.1 Å². The van der Waals surface area contributed by atoms with Crippen LogP contribution in [0.1, 0.15) is 114 Å². The standard InChI is InChI=1S/C60H66F2N2/c1-5-9-11-13-17-49-39-58(56-38-36-54(42-60(56)62)64-52-33-29-48(30-34-52)46-25-21-44(16-8-4)22-26-46)50(18-14-12-10-6-2)40-57(49)55-37-35-53(41-59(55)61)63-51-31-27-47(28-32-51)45-23-19-43(15-7-3)20-24-45/h19-42,63-64H,5-18H2,1-4H3. The van der Waals surface area contributed by atoms with E-state index in [1.807, 2.05) is 48.5 Å². The van der Waals surface area contributed by atoms with Crippen molar-refractivity contribution in [1.82, 2.24) is 0 Å². The number of nitrogens with one attached hydrogen (secondary N) is 2. The Labute approximate surface area is 382 Å². The molecular formula is C60H66F2N2. The normalized spacial score (nSPS) is 11.2. The number of halogens is 2. The van der Waals surface area contributed by atoms with Gasteiger partial charge in [-0.05, 0) is 155 Å². The Hall–Kier alpha value is -6.00. The lowest BCUT2D eigenvalue weighted by molar-refractivity contribution is 0.629. The van der Waals surface area contributed by atoms with Crippen LogP contribution < -0.4 is 10.6 Å². The molecule has 0 aromatic heterocycles. The van der Waals surface area contributed by atoms with E-state index in [0.717, 1.165) is 135 Å². The van der Waals surface area contributed by atoms with Gasteiger partial charge < -0.3 is 10.6 Å². The molecule has 0 amide bonds. The van der Waals surface area contributed by atoms with Gasteiger partial charge in [-0.25, -0.2) is 8.78 Å². The molecule has 7 rings (SSSR count). The Morgan fingerprint density at radius 1 is 0.312 bits per heavy atom. The molecule has 64 heavy (non-hydrogen) atoms. The van der Waals surface area contributed by atoms with Gasteiger partial charge in [0.1, 0.15) is 11.6 Å².